The standard InChI is InChI=1S/C13H27N3O/c1-4-7-13(3,14)12(17)15-10-11(2)16-8-5-6-9-16/h11H,4-10,14H2,1-3H3,(H,15,17). The summed E-state index contributed by atoms with van der Waals surface area (Å²) in [4.78, 5) is 14.3. The monoisotopic (exact) mass is 241 g/mol. The van der Waals surface area contributed by atoms with Crippen LogP contribution in [-0.4, -0.2) is 42.0 Å². The van der Waals surface area contributed by atoms with Gasteiger partial charge in [-0.1, -0.05) is 13.3 Å². The van der Waals surface area contributed by atoms with Crippen LogP contribution in [0.2, 0.25) is 0 Å². The second-order valence-corrected chi connectivity index (χ2v) is 5.47. The van der Waals surface area contributed by atoms with Gasteiger partial charge in [0, 0.05) is 12.6 Å². The van der Waals surface area contributed by atoms with Crippen molar-refractivity contribution >= 4 is 5.91 Å². The number of nitrogens with one attached hydrogen (secondary N) is 1. The van der Waals surface area contributed by atoms with E-state index < -0.39 is 5.54 Å². The van der Waals surface area contributed by atoms with Gasteiger partial charge in [0.2, 0.25) is 5.91 Å². The Hall–Kier alpha value is -0.610. The molecule has 2 atom stereocenters. The third-order valence-electron chi connectivity index (χ3n) is 3.61. The van der Waals surface area contributed by atoms with Crippen molar-refractivity contribution in [1.82, 2.24) is 10.2 Å². The van der Waals surface area contributed by atoms with Gasteiger partial charge in [-0.3, -0.25) is 9.69 Å². The predicted molar refractivity (Wildman–Crippen MR) is 70.8 cm³/mol. The first kappa shape index (κ1) is 14.5. The Kier molecular flexibility index (Phi) is 5.40. The zero-order chi connectivity index (χ0) is 12.9. The van der Waals surface area contributed by atoms with Crippen molar-refractivity contribution in [3.8, 4) is 0 Å². The lowest BCUT2D eigenvalue weighted by molar-refractivity contribution is -0.126. The maximum absolute atomic E-state index is 11.9. The van der Waals surface area contributed by atoms with Crippen LogP contribution in [-0.2, 0) is 4.79 Å². The lowest BCUT2D eigenvalue weighted by Gasteiger charge is -2.27. The second kappa shape index (κ2) is 6.36. The molecular weight excluding hydrogens is 214 g/mol. The molecule has 3 N–H and O–H groups in total. The maximum atomic E-state index is 11.9. The van der Waals surface area contributed by atoms with Crippen molar-refractivity contribution < 1.29 is 4.79 Å². The number of likely N-dealkylation sites (tertiary alicyclic amines) is 1. The zero-order valence-electron chi connectivity index (χ0n) is 11.5. The Bertz CT molecular complexity index is 247. The molecule has 100 valence electrons. The first-order valence-corrected chi connectivity index (χ1v) is 6.78. The van der Waals surface area contributed by atoms with Crippen LogP contribution in [0.4, 0.5) is 0 Å². The molecule has 1 aliphatic rings. The number of nitrogens with two attached hydrogens (primary N) is 1. The molecule has 1 fully saturated rings. The number of nitrogens with zero attached hydrogens (tertiary/aromatic N) is 1. The molecule has 0 saturated carbocycles. The summed E-state index contributed by atoms with van der Waals surface area (Å²) in [6, 6.07) is 0.416. The topological polar surface area (TPSA) is 58.4 Å². The summed E-state index contributed by atoms with van der Waals surface area (Å²) >= 11 is 0. The second-order valence-electron chi connectivity index (χ2n) is 5.47. The molecule has 2 unspecified atom stereocenters. The SMILES string of the molecule is CCCC(C)(N)C(=O)NCC(C)N1CCCC1. The lowest BCUT2D eigenvalue weighted by Crippen LogP contribution is -2.53. The van der Waals surface area contributed by atoms with E-state index in [1.54, 1.807) is 0 Å². The highest BCUT2D eigenvalue weighted by Crippen LogP contribution is 2.12. The minimum absolute atomic E-state index is 0.0228. The molecule has 0 aliphatic carbocycles. The van der Waals surface area contributed by atoms with Gasteiger partial charge in [0.15, 0.2) is 0 Å². The summed E-state index contributed by atoms with van der Waals surface area (Å²) in [6.45, 7) is 9.05. The van der Waals surface area contributed by atoms with Crippen molar-refractivity contribution in [2.75, 3.05) is 19.6 Å². The molecule has 4 nitrogen and oxygen atoms in total. The molecule has 1 heterocycles. The molecule has 0 aromatic carbocycles. The molecule has 1 amide bonds. The van der Waals surface area contributed by atoms with Crippen LogP contribution in [0.5, 0.6) is 0 Å². The van der Waals surface area contributed by atoms with Crippen LogP contribution >= 0.6 is 0 Å². The molecule has 0 bridgehead atoms. The molecular formula is C13H27N3O. The number of carbonyl (C=O) groups excluding carboxylic acids is 1. The summed E-state index contributed by atoms with van der Waals surface area (Å²) in [5, 5.41) is 2.98. The fraction of sp³-hybridized carbons (Fsp3) is 0.923. The van der Waals surface area contributed by atoms with Gasteiger partial charge >= 0.3 is 0 Å². The summed E-state index contributed by atoms with van der Waals surface area (Å²) < 4.78 is 0. The Morgan fingerprint density at radius 1 is 1.47 bits per heavy atom. The third-order valence-corrected chi connectivity index (χ3v) is 3.61. The fourth-order valence-electron chi connectivity index (χ4n) is 2.39. The van der Waals surface area contributed by atoms with Crippen LogP contribution in [0, 0.1) is 0 Å². The van der Waals surface area contributed by atoms with E-state index in [9.17, 15) is 4.79 Å². The van der Waals surface area contributed by atoms with Gasteiger partial charge in [0.25, 0.3) is 0 Å². The van der Waals surface area contributed by atoms with E-state index in [2.05, 4.69) is 17.1 Å². The molecule has 1 saturated heterocycles. The number of hydrogen-bond donors (Lipinski definition) is 2. The smallest absolute Gasteiger partial charge is 0.239 e. The van der Waals surface area contributed by atoms with Gasteiger partial charge in [-0.15, -0.1) is 0 Å². The van der Waals surface area contributed by atoms with Crippen molar-refractivity contribution in [3.63, 3.8) is 0 Å². The van der Waals surface area contributed by atoms with E-state index in [1.807, 2.05) is 13.8 Å². The Labute approximate surface area is 105 Å². The van der Waals surface area contributed by atoms with E-state index in [0.717, 1.165) is 25.9 Å². The molecule has 0 aromatic heterocycles. The van der Waals surface area contributed by atoms with Crippen molar-refractivity contribution in [1.29, 1.82) is 0 Å². The minimum Gasteiger partial charge on any atom is -0.353 e. The average molecular weight is 241 g/mol. The van der Waals surface area contributed by atoms with E-state index in [1.165, 1.54) is 12.8 Å². The first-order valence-electron chi connectivity index (χ1n) is 6.78. The largest absolute Gasteiger partial charge is 0.353 e. The van der Waals surface area contributed by atoms with Gasteiger partial charge in [-0.2, -0.15) is 0 Å². The number of hydrogen-bond acceptors (Lipinski definition) is 3. The Morgan fingerprint density at radius 2 is 2.06 bits per heavy atom. The third kappa shape index (κ3) is 4.28. The van der Waals surface area contributed by atoms with Crippen LogP contribution in [0.1, 0.15) is 46.5 Å². The Morgan fingerprint density at radius 3 is 2.59 bits per heavy atom. The highest BCUT2D eigenvalue weighted by Gasteiger charge is 2.27. The number of rotatable bonds is 6. The van der Waals surface area contributed by atoms with Gasteiger partial charge < -0.3 is 11.1 Å². The van der Waals surface area contributed by atoms with Gasteiger partial charge in [0.1, 0.15) is 0 Å². The minimum atomic E-state index is -0.723. The van der Waals surface area contributed by atoms with E-state index >= 15 is 0 Å². The van der Waals surface area contributed by atoms with Crippen molar-refractivity contribution in [2.45, 2.75) is 58.0 Å². The van der Waals surface area contributed by atoms with Crippen molar-refractivity contribution in [2.24, 2.45) is 5.73 Å². The molecule has 17 heavy (non-hydrogen) atoms. The predicted octanol–water partition coefficient (Wildman–Crippen LogP) is 1.10. The molecule has 4 heteroatoms. The van der Waals surface area contributed by atoms with E-state index in [4.69, 9.17) is 5.73 Å². The van der Waals surface area contributed by atoms with E-state index in [-0.39, 0.29) is 5.91 Å². The average Bonchev–Trinajstić information content (AvgIpc) is 2.78. The molecule has 0 radical (unpaired) electrons. The lowest BCUT2D eigenvalue weighted by atomic mass is 9.96. The van der Waals surface area contributed by atoms with Gasteiger partial charge in [0.05, 0.1) is 5.54 Å². The summed E-state index contributed by atoms with van der Waals surface area (Å²) in [6.07, 6.45) is 4.23. The molecule has 1 aliphatic heterocycles. The van der Waals surface area contributed by atoms with Crippen LogP contribution in [0.3, 0.4) is 0 Å². The van der Waals surface area contributed by atoms with E-state index in [0.29, 0.717) is 12.6 Å². The molecule has 0 aromatic rings. The van der Waals surface area contributed by atoms with Gasteiger partial charge in [-0.05, 0) is 46.2 Å². The van der Waals surface area contributed by atoms with Crippen LogP contribution < -0.4 is 11.1 Å². The maximum Gasteiger partial charge on any atom is 0.239 e. The summed E-state index contributed by atoms with van der Waals surface area (Å²) in [7, 11) is 0. The Balaban J connectivity index is 2.31. The van der Waals surface area contributed by atoms with Crippen LogP contribution in [0.25, 0.3) is 0 Å². The van der Waals surface area contributed by atoms with Crippen molar-refractivity contribution in [3.05, 3.63) is 0 Å². The number of amides is 1. The molecule has 0 spiro atoms. The highest BCUT2D eigenvalue weighted by atomic mass is 16.2. The van der Waals surface area contributed by atoms with Crippen LogP contribution in [0.15, 0.2) is 0 Å². The zero-order valence-corrected chi connectivity index (χ0v) is 11.5. The first-order chi connectivity index (χ1) is 7.97. The summed E-state index contributed by atoms with van der Waals surface area (Å²) in [5.41, 5.74) is 5.26. The molecule has 1 rings (SSSR count). The highest BCUT2D eigenvalue weighted by molar-refractivity contribution is 5.85. The normalized spacial score (nSPS) is 22.1. The summed E-state index contributed by atoms with van der Waals surface area (Å²) in [5.74, 6) is -0.0228. The fourth-order valence-corrected chi connectivity index (χ4v) is 2.39. The quantitative estimate of drug-likeness (QED) is 0.732. The van der Waals surface area contributed by atoms with Gasteiger partial charge in [-0.25, -0.2) is 0 Å². The number of carbonyl (C=O) groups is 1.